The van der Waals surface area contributed by atoms with Crippen molar-refractivity contribution in [1.29, 1.82) is 0 Å². The lowest BCUT2D eigenvalue weighted by molar-refractivity contribution is 0.243. The number of hydrogen-bond donors (Lipinski definition) is 1. The number of rotatable bonds is 0. The van der Waals surface area contributed by atoms with Gasteiger partial charge in [-0.2, -0.15) is 0 Å². The molecule has 2 aliphatic rings. The van der Waals surface area contributed by atoms with Crippen molar-refractivity contribution in [2.24, 2.45) is 11.8 Å². The third-order valence-electron chi connectivity index (χ3n) is 2.39. The maximum atomic E-state index is 3.38. The summed E-state index contributed by atoms with van der Waals surface area (Å²) in [7, 11) is 0. The van der Waals surface area contributed by atoms with Gasteiger partial charge in [-0.25, -0.2) is 0 Å². The molecule has 0 aromatic rings. The molecule has 2 heteroatoms. The molecular formula is C6H12ClN. The van der Waals surface area contributed by atoms with Gasteiger partial charge in [-0.3, -0.25) is 0 Å². The average Bonchev–Trinajstić information content (AvgIpc) is 1.85. The lowest BCUT2D eigenvalue weighted by atomic mass is 9.77. The minimum absolute atomic E-state index is 0. The second kappa shape index (κ2) is 2.24. The molecule has 1 nitrogen and oxygen atoms in total. The molecular weight excluding hydrogens is 122 g/mol. The fourth-order valence-electron chi connectivity index (χ4n) is 1.63. The van der Waals surface area contributed by atoms with E-state index >= 15 is 0 Å². The number of halogens is 1. The molecule has 2 atom stereocenters. The summed E-state index contributed by atoms with van der Waals surface area (Å²) in [5, 5.41) is 3.38. The van der Waals surface area contributed by atoms with Crippen molar-refractivity contribution in [2.45, 2.75) is 12.8 Å². The Morgan fingerprint density at radius 3 is 1.75 bits per heavy atom. The fraction of sp³-hybridized carbons (Fsp3) is 1.00. The first-order valence-corrected chi connectivity index (χ1v) is 3.17. The van der Waals surface area contributed by atoms with Gasteiger partial charge in [0, 0.05) is 0 Å². The summed E-state index contributed by atoms with van der Waals surface area (Å²) in [5.74, 6) is 2.17. The number of nitrogens with one attached hydrogen (secondary N) is 1. The molecule has 0 aromatic carbocycles. The highest BCUT2D eigenvalue weighted by Gasteiger charge is 2.34. The molecule has 1 heterocycles. The van der Waals surface area contributed by atoms with Crippen LogP contribution in [0.5, 0.6) is 0 Å². The Morgan fingerprint density at radius 1 is 1.00 bits per heavy atom. The summed E-state index contributed by atoms with van der Waals surface area (Å²) >= 11 is 0. The van der Waals surface area contributed by atoms with E-state index in [0.29, 0.717) is 0 Å². The van der Waals surface area contributed by atoms with Gasteiger partial charge in [-0.15, -0.1) is 12.4 Å². The van der Waals surface area contributed by atoms with E-state index in [-0.39, 0.29) is 12.4 Å². The first-order chi connectivity index (χ1) is 3.47. The summed E-state index contributed by atoms with van der Waals surface area (Å²) in [5.41, 5.74) is 0. The Bertz CT molecular complexity index is 74.6. The van der Waals surface area contributed by atoms with Gasteiger partial charge in [0.05, 0.1) is 0 Å². The topological polar surface area (TPSA) is 12.0 Å². The molecule has 1 N–H and O–H groups in total. The van der Waals surface area contributed by atoms with Gasteiger partial charge < -0.3 is 5.32 Å². The van der Waals surface area contributed by atoms with Crippen LogP contribution in [0, 0.1) is 11.8 Å². The second-order valence-corrected chi connectivity index (χ2v) is 2.76. The Hall–Kier alpha value is 0.250. The summed E-state index contributed by atoms with van der Waals surface area (Å²) in [6.07, 6.45) is 3.00. The molecule has 0 bridgehead atoms. The lowest BCUT2D eigenvalue weighted by Gasteiger charge is -2.28. The second-order valence-electron chi connectivity index (χ2n) is 2.76. The molecule has 0 aromatic heterocycles. The Labute approximate surface area is 56.3 Å². The maximum absolute atomic E-state index is 3.38. The van der Waals surface area contributed by atoms with Crippen molar-refractivity contribution < 1.29 is 0 Å². The van der Waals surface area contributed by atoms with Crippen molar-refractivity contribution in [3.05, 3.63) is 0 Å². The smallest absolute Gasteiger partial charge is 0.00173 e. The van der Waals surface area contributed by atoms with E-state index < -0.39 is 0 Å². The van der Waals surface area contributed by atoms with Crippen LogP contribution in [0.4, 0.5) is 0 Å². The van der Waals surface area contributed by atoms with Gasteiger partial charge in [-0.05, 0) is 37.8 Å². The van der Waals surface area contributed by atoms with Gasteiger partial charge in [0.25, 0.3) is 0 Å². The van der Waals surface area contributed by atoms with Crippen LogP contribution >= 0.6 is 12.4 Å². The van der Waals surface area contributed by atoms with Crippen LogP contribution in [-0.4, -0.2) is 13.1 Å². The normalized spacial score (nSPS) is 42.0. The van der Waals surface area contributed by atoms with E-state index in [0.717, 1.165) is 11.8 Å². The van der Waals surface area contributed by atoms with Gasteiger partial charge in [0.1, 0.15) is 0 Å². The van der Waals surface area contributed by atoms with Crippen molar-refractivity contribution in [3.8, 4) is 0 Å². The van der Waals surface area contributed by atoms with E-state index in [4.69, 9.17) is 0 Å². The molecule has 1 saturated carbocycles. The highest BCUT2D eigenvalue weighted by Crippen LogP contribution is 2.36. The summed E-state index contributed by atoms with van der Waals surface area (Å²) in [4.78, 5) is 0. The highest BCUT2D eigenvalue weighted by molar-refractivity contribution is 5.85. The zero-order chi connectivity index (χ0) is 4.69. The van der Waals surface area contributed by atoms with Crippen molar-refractivity contribution in [3.63, 3.8) is 0 Å². The molecule has 2 fully saturated rings. The van der Waals surface area contributed by atoms with Gasteiger partial charge in [0.15, 0.2) is 0 Å². The van der Waals surface area contributed by atoms with E-state index in [1.807, 2.05) is 0 Å². The maximum Gasteiger partial charge on any atom is -0.00173 e. The Kier molecular flexibility index (Phi) is 1.78. The van der Waals surface area contributed by atoms with E-state index in [9.17, 15) is 0 Å². The first-order valence-electron chi connectivity index (χ1n) is 3.17. The molecule has 0 spiro atoms. The summed E-state index contributed by atoms with van der Waals surface area (Å²) in [6, 6.07) is 0. The van der Waals surface area contributed by atoms with Crippen LogP contribution in [0.2, 0.25) is 0 Å². The number of hydrogen-bond acceptors (Lipinski definition) is 1. The third-order valence-corrected chi connectivity index (χ3v) is 2.39. The predicted molar refractivity (Wildman–Crippen MR) is 36.3 cm³/mol. The fourth-order valence-corrected chi connectivity index (χ4v) is 1.63. The van der Waals surface area contributed by atoms with Crippen LogP contribution < -0.4 is 5.32 Å². The van der Waals surface area contributed by atoms with Crippen LogP contribution in [0.25, 0.3) is 0 Å². The average molecular weight is 134 g/mol. The molecule has 0 radical (unpaired) electrons. The number of fused-ring (bicyclic) bond motifs is 1. The lowest BCUT2D eigenvalue weighted by Crippen LogP contribution is -2.22. The Balaban J connectivity index is 0.000000320. The molecule has 1 aliphatic heterocycles. The van der Waals surface area contributed by atoms with E-state index in [1.54, 1.807) is 0 Å². The highest BCUT2D eigenvalue weighted by atomic mass is 35.5. The molecule has 0 unspecified atom stereocenters. The van der Waals surface area contributed by atoms with E-state index in [1.165, 1.54) is 25.9 Å². The van der Waals surface area contributed by atoms with Crippen LogP contribution in [0.1, 0.15) is 12.8 Å². The van der Waals surface area contributed by atoms with Crippen LogP contribution in [0.3, 0.4) is 0 Å². The van der Waals surface area contributed by atoms with Crippen LogP contribution in [-0.2, 0) is 0 Å². The van der Waals surface area contributed by atoms with Gasteiger partial charge >= 0.3 is 0 Å². The predicted octanol–water partition coefficient (Wildman–Crippen LogP) is 1.04. The minimum atomic E-state index is 0. The monoisotopic (exact) mass is 133 g/mol. The van der Waals surface area contributed by atoms with Crippen molar-refractivity contribution in [2.75, 3.05) is 13.1 Å². The standard InChI is InChI=1S/C6H11N.ClH/c1-2-6-4-7-3-5(1)6;/h5-7H,1-4H2;1H/t5-,6+;. The molecule has 48 valence electrons. The molecule has 1 saturated heterocycles. The zero-order valence-electron chi connectivity index (χ0n) is 4.89. The van der Waals surface area contributed by atoms with Gasteiger partial charge in [0.2, 0.25) is 0 Å². The first kappa shape index (κ1) is 6.37. The van der Waals surface area contributed by atoms with Crippen molar-refractivity contribution in [1.82, 2.24) is 5.32 Å². The van der Waals surface area contributed by atoms with Crippen LogP contribution in [0.15, 0.2) is 0 Å². The van der Waals surface area contributed by atoms with E-state index in [2.05, 4.69) is 5.32 Å². The summed E-state index contributed by atoms with van der Waals surface area (Å²) < 4.78 is 0. The van der Waals surface area contributed by atoms with Crippen molar-refractivity contribution >= 4 is 12.4 Å². The largest absolute Gasteiger partial charge is 0.316 e. The quantitative estimate of drug-likeness (QED) is 0.521. The molecule has 8 heavy (non-hydrogen) atoms. The SMILES string of the molecule is C1C[C@H]2CNC[C@@H]12.Cl. The minimum Gasteiger partial charge on any atom is -0.316 e. The molecule has 1 aliphatic carbocycles. The third kappa shape index (κ3) is 0.741. The zero-order valence-corrected chi connectivity index (χ0v) is 5.71. The molecule has 0 amide bonds. The Morgan fingerprint density at radius 2 is 1.50 bits per heavy atom. The van der Waals surface area contributed by atoms with Gasteiger partial charge in [-0.1, -0.05) is 0 Å². The molecule has 2 rings (SSSR count). The summed E-state index contributed by atoms with van der Waals surface area (Å²) in [6.45, 7) is 2.62.